The maximum Gasteiger partial charge on any atom is 0.413 e. The van der Waals surface area contributed by atoms with E-state index < -0.39 is 40.9 Å². The van der Waals surface area contributed by atoms with Crippen LogP contribution in [0.1, 0.15) is 13.3 Å². The van der Waals surface area contributed by atoms with Gasteiger partial charge >= 0.3 is 12.1 Å². The fraction of sp³-hybridized carbons (Fsp3) is 0.857. The molecule has 0 saturated carbocycles. The van der Waals surface area contributed by atoms with E-state index in [1.807, 2.05) is 0 Å². The smallest absolute Gasteiger partial charge is 0.413 e. The molecule has 6 nitrogen and oxygen atoms in total. The third-order valence-corrected chi connectivity index (χ3v) is 2.42. The quantitative estimate of drug-likeness (QED) is 0.537. The number of sulfonamides is 1. The van der Waals surface area contributed by atoms with Crippen LogP contribution in [-0.4, -0.2) is 39.5 Å². The second-order valence-corrected chi connectivity index (χ2v) is 4.67. The minimum atomic E-state index is -4.64. The third kappa shape index (κ3) is 10.0. The fourth-order valence-electron chi connectivity index (χ4n) is 0.694. The molecule has 0 rings (SSSR count). The minimum Gasteiger partial charge on any atom is -0.466 e. The molecule has 0 fully saturated rings. The zero-order valence-electron chi connectivity index (χ0n) is 8.91. The highest BCUT2D eigenvalue weighted by Gasteiger charge is 2.28. The van der Waals surface area contributed by atoms with Gasteiger partial charge in [0.2, 0.25) is 10.0 Å². The predicted octanol–water partition coefficient (Wildman–Crippen LogP) is 0.353. The van der Waals surface area contributed by atoms with Crippen molar-refractivity contribution in [2.24, 2.45) is 0 Å². The molecule has 0 aromatic carbocycles. The summed E-state index contributed by atoms with van der Waals surface area (Å²) in [4.78, 5) is 15.8. The summed E-state index contributed by atoms with van der Waals surface area (Å²) in [6.45, 7) is -0.111. The zero-order valence-corrected chi connectivity index (χ0v) is 9.73. The van der Waals surface area contributed by atoms with E-state index in [2.05, 4.69) is 9.57 Å². The standard InChI is InChI=1S/C7H12F3NO5S/c1-2-15-6(12)3-4-17(13,14)11-16-5-7(8,9)10/h11H,2-5H2,1H3. The van der Waals surface area contributed by atoms with Gasteiger partial charge in [0.25, 0.3) is 0 Å². The summed E-state index contributed by atoms with van der Waals surface area (Å²) >= 11 is 0. The molecule has 0 aliphatic heterocycles. The van der Waals surface area contributed by atoms with Crippen molar-refractivity contribution in [1.82, 2.24) is 4.89 Å². The normalized spacial score (nSPS) is 12.5. The van der Waals surface area contributed by atoms with Crippen LogP contribution in [0, 0.1) is 0 Å². The van der Waals surface area contributed by atoms with Gasteiger partial charge in [-0.25, -0.2) is 8.42 Å². The van der Waals surface area contributed by atoms with Crippen LogP contribution in [0.3, 0.4) is 0 Å². The Morgan fingerprint density at radius 1 is 1.35 bits per heavy atom. The first-order valence-electron chi connectivity index (χ1n) is 4.50. The summed E-state index contributed by atoms with van der Waals surface area (Å²) in [5.41, 5.74) is 0. The minimum absolute atomic E-state index is 0.0941. The molecule has 0 aliphatic carbocycles. The highest BCUT2D eigenvalue weighted by Crippen LogP contribution is 2.13. The summed E-state index contributed by atoms with van der Waals surface area (Å²) in [5, 5.41) is 0. The van der Waals surface area contributed by atoms with E-state index >= 15 is 0 Å². The van der Waals surface area contributed by atoms with Gasteiger partial charge in [0.15, 0.2) is 6.61 Å². The highest BCUT2D eigenvalue weighted by atomic mass is 32.2. The van der Waals surface area contributed by atoms with Crippen molar-refractivity contribution in [2.45, 2.75) is 19.5 Å². The van der Waals surface area contributed by atoms with Gasteiger partial charge < -0.3 is 4.74 Å². The Morgan fingerprint density at radius 3 is 2.41 bits per heavy atom. The number of carbonyl (C=O) groups excluding carboxylic acids is 1. The molecule has 0 spiro atoms. The Balaban J connectivity index is 3.93. The van der Waals surface area contributed by atoms with E-state index in [9.17, 15) is 26.4 Å². The lowest BCUT2D eigenvalue weighted by atomic mass is 10.5. The Bertz CT molecular complexity index is 340. The lowest BCUT2D eigenvalue weighted by Gasteiger charge is -2.08. The van der Waals surface area contributed by atoms with Crippen molar-refractivity contribution in [3.8, 4) is 0 Å². The number of esters is 1. The maximum atomic E-state index is 11.6. The van der Waals surface area contributed by atoms with Crippen LogP contribution in [0.5, 0.6) is 0 Å². The molecule has 10 heteroatoms. The Hall–Kier alpha value is -0.870. The maximum absolute atomic E-state index is 11.6. The van der Waals surface area contributed by atoms with Gasteiger partial charge in [0.1, 0.15) is 0 Å². The number of halogens is 3. The summed E-state index contributed by atoms with van der Waals surface area (Å²) < 4.78 is 61.3. The first-order chi connectivity index (χ1) is 7.66. The van der Waals surface area contributed by atoms with Gasteiger partial charge in [-0.05, 0) is 6.92 Å². The fourth-order valence-corrected chi connectivity index (χ4v) is 1.45. The topological polar surface area (TPSA) is 81.7 Å². The summed E-state index contributed by atoms with van der Waals surface area (Å²) in [6.07, 6.45) is -5.10. The molecule has 1 N–H and O–H groups in total. The average Bonchev–Trinajstić information content (AvgIpc) is 2.13. The molecule has 0 aromatic rings. The van der Waals surface area contributed by atoms with Gasteiger partial charge in [-0.2, -0.15) is 13.2 Å². The molecule has 102 valence electrons. The number of carbonyl (C=O) groups is 1. The molecule has 0 radical (unpaired) electrons. The summed E-state index contributed by atoms with van der Waals surface area (Å²) in [7, 11) is -4.09. The van der Waals surface area contributed by atoms with Crippen molar-refractivity contribution in [2.75, 3.05) is 19.0 Å². The average molecular weight is 279 g/mol. The van der Waals surface area contributed by atoms with Gasteiger partial charge in [-0.1, -0.05) is 4.89 Å². The first kappa shape index (κ1) is 16.1. The van der Waals surface area contributed by atoms with Crippen molar-refractivity contribution >= 4 is 16.0 Å². The molecular formula is C7H12F3NO5S. The van der Waals surface area contributed by atoms with Gasteiger partial charge in [-0.3, -0.25) is 9.63 Å². The lowest BCUT2D eigenvalue weighted by Crippen LogP contribution is -2.32. The van der Waals surface area contributed by atoms with Crippen LogP contribution in [-0.2, 0) is 24.4 Å². The van der Waals surface area contributed by atoms with Crippen LogP contribution >= 0.6 is 0 Å². The molecule has 0 aromatic heterocycles. The van der Waals surface area contributed by atoms with Crippen molar-refractivity contribution in [3.05, 3.63) is 0 Å². The van der Waals surface area contributed by atoms with Crippen molar-refractivity contribution in [3.63, 3.8) is 0 Å². The number of nitrogens with one attached hydrogen (secondary N) is 1. The molecule has 0 heterocycles. The molecule has 0 atom stereocenters. The molecule has 17 heavy (non-hydrogen) atoms. The zero-order chi connectivity index (χ0) is 13.5. The SMILES string of the molecule is CCOC(=O)CCS(=O)(=O)NOCC(F)(F)F. The van der Waals surface area contributed by atoms with Crippen LogP contribution in [0.2, 0.25) is 0 Å². The Kier molecular flexibility index (Phi) is 6.42. The molecule has 0 amide bonds. The van der Waals surface area contributed by atoms with E-state index in [1.165, 1.54) is 11.8 Å². The van der Waals surface area contributed by atoms with Gasteiger partial charge in [-0.15, -0.1) is 0 Å². The molecule has 0 unspecified atom stereocenters. The molecule has 0 bridgehead atoms. The number of hydrogen-bond acceptors (Lipinski definition) is 5. The Labute approximate surface area is 96.1 Å². The number of rotatable bonds is 7. The number of hydrogen-bond donors (Lipinski definition) is 1. The van der Waals surface area contributed by atoms with Gasteiger partial charge in [0, 0.05) is 0 Å². The second-order valence-electron chi connectivity index (χ2n) is 2.86. The van der Waals surface area contributed by atoms with E-state index in [0.717, 1.165) is 0 Å². The van der Waals surface area contributed by atoms with E-state index in [4.69, 9.17) is 0 Å². The first-order valence-corrected chi connectivity index (χ1v) is 6.15. The van der Waals surface area contributed by atoms with E-state index in [-0.39, 0.29) is 6.61 Å². The van der Waals surface area contributed by atoms with Gasteiger partial charge in [0.05, 0.1) is 18.8 Å². The van der Waals surface area contributed by atoms with Crippen LogP contribution in [0.25, 0.3) is 0 Å². The summed E-state index contributed by atoms with van der Waals surface area (Å²) in [6, 6.07) is 0. The van der Waals surface area contributed by atoms with Crippen molar-refractivity contribution < 1.29 is 36.0 Å². The monoisotopic (exact) mass is 279 g/mol. The van der Waals surface area contributed by atoms with E-state index in [1.54, 1.807) is 0 Å². The van der Waals surface area contributed by atoms with Crippen LogP contribution < -0.4 is 4.89 Å². The number of ether oxygens (including phenoxy) is 1. The number of alkyl halides is 3. The lowest BCUT2D eigenvalue weighted by molar-refractivity contribution is -0.181. The Morgan fingerprint density at radius 2 is 1.94 bits per heavy atom. The van der Waals surface area contributed by atoms with Crippen molar-refractivity contribution in [1.29, 1.82) is 0 Å². The second kappa shape index (κ2) is 6.77. The molecule has 0 saturated heterocycles. The summed E-state index contributed by atoms with van der Waals surface area (Å²) in [5.74, 6) is -1.46. The van der Waals surface area contributed by atoms with E-state index in [0.29, 0.717) is 0 Å². The van der Waals surface area contributed by atoms with Crippen LogP contribution in [0.15, 0.2) is 0 Å². The third-order valence-electron chi connectivity index (χ3n) is 1.30. The predicted molar refractivity (Wildman–Crippen MR) is 50.2 cm³/mol. The highest BCUT2D eigenvalue weighted by molar-refractivity contribution is 7.89. The largest absolute Gasteiger partial charge is 0.466 e. The molecular weight excluding hydrogens is 267 g/mol. The van der Waals surface area contributed by atoms with Crippen LogP contribution in [0.4, 0.5) is 13.2 Å². The molecule has 0 aliphatic rings.